The van der Waals surface area contributed by atoms with Crippen LogP contribution in [0.4, 0.5) is 0 Å². The summed E-state index contributed by atoms with van der Waals surface area (Å²) >= 11 is 5.07. The molecule has 0 saturated carbocycles. The van der Waals surface area contributed by atoms with Crippen molar-refractivity contribution in [3.05, 3.63) is 22.8 Å². The average Bonchev–Trinajstić information content (AvgIpc) is 2.09. The van der Waals surface area contributed by atoms with Gasteiger partial charge in [0.05, 0.1) is 6.61 Å². The van der Waals surface area contributed by atoms with Crippen molar-refractivity contribution >= 4 is 27.7 Å². The van der Waals surface area contributed by atoms with Gasteiger partial charge in [-0.05, 0) is 28.3 Å². The normalized spacial score (nSPS) is 9.83. The number of rotatable bonds is 4. The van der Waals surface area contributed by atoms with E-state index in [2.05, 4.69) is 27.2 Å². The van der Waals surface area contributed by atoms with Crippen LogP contribution in [0.25, 0.3) is 0 Å². The predicted octanol–water partition coefficient (Wildman–Crippen LogP) is 2.59. The predicted molar refractivity (Wildman–Crippen MR) is 55.8 cm³/mol. The Hall–Kier alpha value is -0.220. The molecule has 2 nitrogen and oxygen atoms in total. The van der Waals surface area contributed by atoms with E-state index in [1.165, 1.54) is 0 Å². The first-order chi connectivity index (χ1) is 5.83. The van der Waals surface area contributed by atoms with Gasteiger partial charge in [0.1, 0.15) is 0 Å². The van der Waals surface area contributed by atoms with Gasteiger partial charge in [0.2, 0.25) is 5.88 Å². The summed E-state index contributed by atoms with van der Waals surface area (Å²) in [5.41, 5.74) is 0. The molecule has 0 amide bonds. The first kappa shape index (κ1) is 9.86. The Morgan fingerprint density at radius 2 is 2.42 bits per heavy atom. The molecule has 1 heterocycles. The molecule has 0 radical (unpaired) electrons. The third kappa shape index (κ3) is 3.45. The Bertz CT molecular complexity index is 227. The molecular weight excluding hydrogens is 238 g/mol. The molecule has 0 aliphatic carbocycles. The summed E-state index contributed by atoms with van der Waals surface area (Å²) in [6.07, 6.45) is 3.78. The third-order valence-corrected chi connectivity index (χ3v) is 2.28. The number of thioether (sulfide) groups is 1. The second-order valence-corrected chi connectivity index (χ2v) is 4.06. The van der Waals surface area contributed by atoms with Crippen LogP contribution in [0.15, 0.2) is 22.8 Å². The Kier molecular flexibility index (Phi) is 4.46. The number of halogens is 1. The van der Waals surface area contributed by atoms with Gasteiger partial charge >= 0.3 is 0 Å². The molecule has 0 N–H and O–H groups in total. The molecule has 0 unspecified atom stereocenters. The molecule has 0 atom stereocenters. The van der Waals surface area contributed by atoms with Crippen molar-refractivity contribution in [2.75, 3.05) is 18.6 Å². The third-order valence-electron chi connectivity index (χ3n) is 1.24. The molecule has 66 valence electrons. The number of nitrogens with zero attached hydrogens (tertiary/aromatic N) is 1. The van der Waals surface area contributed by atoms with Gasteiger partial charge in [-0.3, -0.25) is 0 Å². The van der Waals surface area contributed by atoms with Crippen molar-refractivity contribution < 1.29 is 4.74 Å². The maximum Gasteiger partial charge on any atom is 0.213 e. The van der Waals surface area contributed by atoms with E-state index < -0.39 is 0 Å². The van der Waals surface area contributed by atoms with Crippen LogP contribution in [0, 0.1) is 0 Å². The quantitative estimate of drug-likeness (QED) is 0.764. The lowest BCUT2D eigenvalue weighted by Gasteiger charge is -2.02. The Balaban J connectivity index is 2.37. The summed E-state index contributed by atoms with van der Waals surface area (Å²) in [5, 5.41) is 0. The van der Waals surface area contributed by atoms with Crippen LogP contribution in [0.2, 0.25) is 0 Å². The molecule has 12 heavy (non-hydrogen) atoms. The minimum Gasteiger partial charge on any atom is -0.477 e. The Labute approximate surface area is 84.9 Å². The van der Waals surface area contributed by atoms with Crippen LogP contribution < -0.4 is 4.74 Å². The molecule has 0 spiro atoms. The van der Waals surface area contributed by atoms with Gasteiger partial charge in [0.15, 0.2) is 0 Å². The van der Waals surface area contributed by atoms with Gasteiger partial charge < -0.3 is 4.74 Å². The van der Waals surface area contributed by atoms with Crippen LogP contribution in [-0.4, -0.2) is 23.6 Å². The molecule has 0 aliphatic heterocycles. The molecule has 4 heteroatoms. The van der Waals surface area contributed by atoms with E-state index in [-0.39, 0.29) is 0 Å². The minimum atomic E-state index is 0.687. The number of hydrogen-bond acceptors (Lipinski definition) is 3. The topological polar surface area (TPSA) is 22.1 Å². The number of pyridine rings is 1. The molecule has 1 rings (SSSR count). The molecular formula is C8H10BrNOS. The molecule has 0 aliphatic rings. The van der Waals surface area contributed by atoms with E-state index in [4.69, 9.17) is 4.74 Å². The van der Waals surface area contributed by atoms with Crippen molar-refractivity contribution in [3.8, 4) is 5.88 Å². The second kappa shape index (κ2) is 5.43. The highest BCUT2D eigenvalue weighted by atomic mass is 79.9. The SMILES string of the molecule is CSCCOc1ccc(Br)cn1. The molecule has 0 bridgehead atoms. The van der Waals surface area contributed by atoms with Gasteiger partial charge in [0.25, 0.3) is 0 Å². The summed E-state index contributed by atoms with van der Waals surface area (Å²) in [6, 6.07) is 3.77. The standard InChI is InChI=1S/C8H10BrNOS/c1-12-5-4-11-8-3-2-7(9)6-10-8/h2-3,6H,4-5H2,1H3. The molecule has 1 aromatic heterocycles. The summed E-state index contributed by atoms with van der Waals surface area (Å²) in [7, 11) is 0. The highest BCUT2D eigenvalue weighted by Crippen LogP contribution is 2.12. The van der Waals surface area contributed by atoms with Gasteiger partial charge in [-0.15, -0.1) is 0 Å². The summed E-state index contributed by atoms with van der Waals surface area (Å²) < 4.78 is 6.32. The molecule has 0 aromatic carbocycles. The van der Waals surface area contributed by atoms with Crippen LogP contribution in [0.3, 0.4) is 0 Å². The Morgan fingerprint density at radius 3 is 3.00 bits per heavy atom. The van der Waals surface area contributed by atoms with E-state index in [1.54, 1.807) is 18.0 Å². The van der Waals surface area contributed by atoms with Crippen molar-refractivity contribution in [3.63, 3.8) is 0 Å². The highest BCUT2D eigenvalue weighted by molar-refractivity contribution is 9.10. The lowest BCUT2D eigenvalue weighted by atomic mass is 10.5. The van der Waals surface area contributed by atoms with Crippen molar-refractivity contribution in [1.82, 2.24) is 4.98 Å². The lowest BCUT2D eigenvalue weighted by molar-refractivity contribution is 0.330. The zero-order valence-corrected chi connectivity index (χ0v) is 9.19. The summed E-state index contributed by atoms with van der Waals surface area (Å²) in [4.78, 5) is 4.07. The van der Waals surface area contributed by atoms with Crippen molar-refractivity contribution in [2.45, 2.75) is 0 Å². The van der Waals surface area contributed by atoms with Crippen molar-refractivity contribution in [1.29, 1.82) is 0 Å². The second-order valence-electron chi connectivity index (χ2n) is 2.16. The zero-order chi connectivity index (χ0) is 8.81. The highest BCUT2D eigenvalue weighted by Gasteiger charge is 1.93. The largest absolute Gasteiger partial charge is 0.477 e. The maximum absolute atomic E-state index is 5.35. The van der Waals surface area contributed by atoms with Gasteiger partial charge in [-0.2, -0.15) is 11.8 Å². The van der Waals surface area contributed by atoms with Crippen LogP contribution in [-0.2, 0) is 0 Å². The zero-order valence-electron chi connectivity index (χ0n) is 6.79. The molecule has 0 fully saturated rings. The molecule has 0 saturated heterocycles. The van der Waals surface area contributed by atoms with Crippen LogP contribution >= 0.6 is 27.7 Å². The average molecular weight is 248 g/mol. The summed E-state index contributed by atoms with van der Waals surface area (Å²) in [6.45, 7) is 0.718. The number of ether oxygens (including phenoxy) is 1. The van der Waals surface area contributed by atoms with Crippen LogP contribution in [0.5, 0.6) is 5.88 Å². The maximum atomic E-state index is 5.35. The van der Waals surface area contributed by atoms with E-state index in [0.717, 1.165) is 16.8 Å². The Morgan fingerprint density at radius 1 is 1.58 bits per heavy atom. The van der Waals surface area contributed by atoms with E-state index in [0.29, 0.717) is 5.88 Å². The monoisotopic (exact) mass is 247 g/mol. The fourth-order valence-electron chi connectivity index (χ4n) is 0.677. The van der Waals surface area contributed by atoms with E-state index >= 15 is 0 Å². The van der Waals surface area contributed by atoms with E-state index in [9.17, 15) is 0 Å². The van der Waals surface area contributed by atoms with E-state index in [1.807, 2.05) is 12.1 Å². The van der Waals surface area contributed by atoms with Gasteiger partial charge in [-0.25, -0.2) is 4.98 Å². The van der Waals surface area contributed by atoms with Gasteiger partial charge in [0, 0.05) is 22.5 Å². The lowest BCUT2D eigenvalue weighted by Crippen LogP contribution is -2.00. The minimum absolute atomic E-state index is 0.687. The first-order valence-electron chi connectivity index (χ1n) is 3.56. The fourth-order valence-corrected chi connectivity index (χ4v) is 1.16. The molecule has 1 aromatic rings. The van der Waals surface area contributed by atoms with Gasteiger partial charge in [-0.1, -0.05) is 0 Å². The first-order valence-corrected chi connectivity index (χ1v) is 5.75. The summed E-state index contributed by atoms with van der Waals surface area (Å²) in [5.74, 6) is 1.69. The smallest absolute Gasteiger partial charge is 0.213 e. The number of hydrogen-bond donors (Lipinski definition) is 0. The fraction of sp³-hybridized carbons (Fsp3) is 0.375. The van der Waals surface area contributed by atoms with Crippen molar-refractivity contribution in [2.24, 2.45) is 0 Å². The number of aromatic nitrogens is 1. The van der Waals surface area contributed by atoms with Crippen LogP contribution in [0.1, 0.15) is 0 Å².